The number of carbonyl (C=O) groups is 1. The van der Waals surface area contributed by atoms with Crippen LogP contribution in [0, 0.1) is 5.92 Å². The van der Waals surface area contributed by atoms with E-state index in [1.54, 1.807) is 7.11 Å². The first-order valence-corrected chi connectivity index (χ1v) is 11.7. The third-order valence-corrected chi connectivity index (χ3v) is 6.40. The van der Waals surface area contributed by atoms with Crippen LogP contribution in [0.2, 0.25) is 0 Å². The van der Waals surface area contributed by atoms with Crippen LogP contribution in [0.3, 0.4) is 0 Å². The predicted octanol–water partition coefficient (Wildman–Crippen LogP) is 6.16. The van der Waals surface area contributed by atoms with Gasteiger partial charge in [-0.15, -0.1) is 0 Å². The normalized spacial score (nSPS) is 13.1. The van der Waals surface area contributed by atoms with Crippen LogP contribution in [0.1, 0.15) is 31.2 Å². The molecular formula is C28H28N4O2. The largest absolute Gasteiger partial charge is 0.481 e. The van der Waals surface area contributed by atoms with Crippen molar-refractivity contribution in [1.82, 2.24) is 15.0 Å². The van der Waals surface area contributed by atoms with Crippen molar-refractivity contribution in [3.8, 4) is 28.1 Å². The number of nitrogens with zero attached hydrogens (tertiary/aromatic N) is 2. The lowest BCUT2D eigenvalue weighted by molar-refractivity contribution is -0.111. The number of anilines is 1. The van der Waals surface area contributed by atoms with Gasteiger partial charge in [-0.1, -0.05) is 38.0 Å². The van der Waals surface area contributed by atoms with Crippen LogP contribution < -0.4 is 10.1 Å². The number of fused-ring (bicyclic) bond motifs is 1. The zero-order chi connectivity index (χ0) is 23.5. The first-order chi connectivity index (χ1) is 16.6. The van der Waals surface area contributed by atoms with Gasteiger partial charge in [0.1, 0.15) is 5.65 Å². The van der Waals surface area contributed by atoms with Gasteiger partial charge in [0, 0.05) is 46.9 Å². The monoisotopic (exact) mass is 452 g/mol. The molecule has 1 fully saturated rings. The second kappa shape index (κ2) is 9.51. The summed E-state index contributed by atoms with van der Waals surface area (Å²) >= 11 is 0. The number of pyridine rings is 2. The number of benzene rings is 1. The molecule has 1 amide bonds. The average Bonchev–Trinajstić information content (AvgIpc) is 3.60. The van der Waals surface area contributed by atoms with Gasteiger partial charge in [0.2, 0.25) is 11.8 Å². The number of aryl methyl sites for hydroxylation is 1. The molecule has 172 valence electrons. The van der Waals surface area contributed by atoms with Crippen molar-refractivity contribution in [1.29, 1.82) is 0 Å². The molecule has 3 heterocycles. The Balaban J connectivity index is 1.52. The molecule has 0 atom stereocenters. The van der Waals surface area contributed by atoms with E-state index in [-0.39, 0.29) is 5.91 Å². The summed E-state index contributed by atoms with van der Waals surface area (Å²) < 4.78 is 5.44. The zero-order valence-electron chi connectivity index (χ0n) is 19.3. The number of amides is 1. The van der Waals surface area contributed by atoms with E-state index in [0.29, 0.717) is 11.6 Å². The second-order valence-corrected chi connectivity index (χ2v) is 8.82. The molecular weight excluding hydrogens is 424 g/mol. The van der Waals surface area contributed by atoms with Gasteiger partial charge in [0.05, 0.1) is 7.11 Å². The van der Waals surface area contributed by atoms with Crippen molar-refractivity contribution in [2.75, 3.05) is 12.4 Å². The number of H-pyrrole nitrogens is 1. The lowest BCUT2D eigenvalue weighted by Crippen LogP contribution is -2.06. The Morgan fingerprint density at radius 1 is 1.18 bits per heavy atom. The summed E-state index contributed by atoms with van der Waals surface area (Å²) in [5, 5.41) is 3.86. The number of hydrogen-bond donors (Lipinski definition) is 2. The molecule has 5 rings (SSSR count). The summed E-state index contributed by atoms with van der Waals surface area (Å²) in [6, 6.07) is 11.9. The number of methoxy groups -OCH3 is 1. The lowest BCUT2D eigenvalue weighted by atomic mass is 9.96. The van der Waals surface area contributed by atoms with E-state index in [1.165, 1.54) is 37.3 Å². The Hall–Kier alpha value is -3.93. The quantitative estimate of drug-likeness (QED) is 0.298. The maximum absolute atomic E-state index is 11.7. The highest BCUT2D eigenvalue weighted by molar-refractivity contribution is 6.00. The molecule has 0 bridgehead atoms. The maximum atomic E-state index is 11.7. The molecule has 0 saturated heterocycles. The smallest absolute Gasteiger partial charge is 0.247 e. The van der Waals surface area contributed by atoms with Crippen molar-refractivity contribution < 1.29 is 9.53 Å². The first-order valence-electron chi connectivity index (χ1n) is 11.7. The van der Waals surface area contributed by atoms with Crippen LogP contribution in [0.4, 0.5) is 5.69 Å². The highest BCUT2D eigenvalue weighted by Crippen LogP contribution is 2.37. The molecule has 3 aromatic heterocycles. The predicted molar refractivity (Wildman–Crippen MR) is 136 cm³/mol. The van der Waals surface area contributed by atoms with E-state index in [9.17, 15) is 4.79 Å². The van der Waals surface area contributed by atoms with Crippen molar-refractivity contribution in [3.63, 3.8) is 0 Å². The number of ether oxygens (including phenoxy) is 1. The third kappa shape index (κ3) is 4.71. The molecule has 4 aromatic rings. The maximum Gasteiger partial charge on any atom is 0.247 e. The second-order valence-electron chi connectivity index (χ2n) is 8.82. The lowest BCUT2D eigenvalue weighted by Gasteiger charge is -2.11. The molecule has 0 unspecified atom stereocenters. The van der Waals surface area contributed by atoms with E-state index < -0.39 is 0 Å². The highest BCUT2D eigenvalue weighted by atomic mass is 16.5. The van der Waals surface area contributed by atoms with E-state index in [0.717, 1.165) is 45.6 Å². The minimum Gasteiger partial charge on any atom is -0.481 e. The van der Waals surface area contributed by atoms with Gasteiger partial charge < -0.3 is 15.0 Å². The fourth-order valence-corrected chi connectivity index (χ4v) is 4.37. The van der Waals surface area contributed by atoms with Crippen LogP contribution in [-0.2, 0) is 11.2 Å². The van der Waals surface area contributed by atoms with Crippen molar-refractivity contribution in [2.45, 2.75) is 32.1 Å². The van der Waals surface area contributed by atoms with Crippen molar-refractivity contribution in [2.24, 2.45) is 5.92 Å². The SMILES string of the molecule is C=CC(=O)Nc1cccc(-c2cnc3[nH]cc(-c4cc(OC)ncc4CCCC4CC4)c3c2)c1. The van der Waals surface area contributed by atoms with Gasteiger partial charge in [0.25, 0.3) is 0 Å². The number of aromatic nitrogens is 3. The summed E-state index contributed by atoms with van der Waals surface area (Å²) in [6.45, 7) is 3.51. The molecule has 34 heavy (non-hydrogen) atoms. The summed E-state index contributed by atoms with van der Waals surface area (Å²) in [6.07, 6.45) is 13.3. The molecule has 1 aromatic carbocycles. The Labute approximate surface area is 199 Å². The van der Waals surface area contributed by atoms with E-state index in [4.69, 9.17) is 4.74 Å². The molecule has 0 aliphatic heterocycles. The van der Waals surface area contributed by atoms with E-state index in [1.807, 2.05) is 48.9 Å². The van der Waals surface area contributed by atoms with Crippen molar-refractivity contribution >= 4 is 22.6 Å². The molecule has 1 aliphatic rings. The van der Waals surface area contributed by atoms with Gasteiger partial charge in [-0.05, 0) is 59.7 Å². The van der Waals surface area contributed by atoms with Gasteiger partial charge in [-0.2, -0.15) is 0 Å². The molecule has 6 heteroatoms. The number of hydrogen-bond acceptors (Lipinski definition) is 4. The molecule has 6 nitrogen and oxygen atoms in total. The van der Waals surface area contributed by atoms with E-state index >= 15 is 0 Å². The molecule has 1 aliphatic carbocycles. The number of carbonyl (C=O) groups excluding carboxylic acids is 1. The average molecular weight is 453 g/mol. The van der Waals surface area contributed by atoms with Gasteiger partial charge in [-0.3, -0.25) is 4.79 Å². The first kappa shape index (κ1) is 21.9. The summed E-state index contributed by atoms with van der Waals surface area (Å²) in [4.78, 5) is 24.2. The summed E-state index contributed by atoms with van der Waals surface area (Å²) in [7, 11) is 1.64. The Bertz CT molecular complexity index is 1350. The van der Waals surface area contributed by atoms with Crippen LogP contribution >= 0.6 is 0 Å². The summed E-state index contributed by atoms with van der Waals surface area (Å²) in [5.41, 5.74) is 6.92. The minimum atomic E-state index is -0.237. The van der Waals surface area contributed by atoms with Crippen LogP contribution in [0.25, 0.3) is 33.3 Å². The van der Waals surface area contributed by atoms with Gasteiger partial charge >= 0.3 is 0 Å². The zero-order valence-corrected chi connectivity index (χ0v) is 19.3. The van der Waals surface area contributed by atoms with Crippen molar-refractivity contribution in [3.05, 3.63) is 73.2 Å². The van der Waals surface area contributed by atoms with Crippen LogP contribution in [0.15, 0.2) is 67.6 Å². The fourth-order valence-electron chi connectivity index (χ4n) is 4.37. The van der Waals surface area contributed by atoms with E-state index in [2.05, 4.69) is 32.9 Å². The molecule has 0 radical (unpaired) electrons. The minimum absolute atomic E-state index is 0.237. The third-order valence-electron chi connectivity index (χ3n) is 6.40. The Morgan fingerprint density at radius 2 is 2.06 bits per heavy atom. The fraction of sp³-hybridized carbons (Fsp3) is 0.250. The Morgan fingerprint density at radius 3 is 2.85 bits per heavy atom. The number of nitrogens with one attached hydrogen (secondary N) is 2. The molecule has 1 saturated carbocycles. The Kier molecular flexibility index (Phi) is 6.12. The van der Waals surface area contributed by atoms with Gasteiger partial charge in [-0.25, -0.2) is 9.97 Å². The topological polar surface area (TPSA) is 79.9 Å². The standard InChI is InChI=1S/C28H28N4O2/c1-3-26(33)32-22-9-5-7-19(12-22)21-13-24-25(17-31-28(24)30-16-21)23-14-27(34-2)29-15-20(23)8-4-6-18-10-11-18/h3,5,7,9,12-18H,1,4,6,8,10-11H2,2H3,(H,30,31)(H,32,33). The van der Waals surface area contributed by atoms with Gasteiger partial charge in [0.15, 0.2) is 0 Å². The number of rotatable bonds is 9. The highest BCUT2D eigenvalue weighted by Gasteiger charge is 2.21. The number of aromatic amines is 1. The molecule has 0 spiro atoms. The van der Waals surface area contributed by atoms with Crippen LogP contribution in [-0.4, -0.2) is 28.0 Å². The molecule has 2 N–H and O–H groups in total. The summed E-state index contributed by atoms with van der Waals surface area (Å²) in [5.74, 6) is 1.28. The van der Waals surface area contributed by atoms with Crippen LogP contribution in [0.5, 0.6) is 5.88 Å².